The highest BCUT2D eigenvalue weighted by molar-refractivity contribution is 7.20. The van der Waals surface area contributed by atoms with E-state index in [1.54, 1.807) is 19.4 Å². The SMILES string of the molecule is COc1ccc(Nc2nc(-c3sc(NC(C)=O)nc3C)cs2)cn1. The molecule has 0 bridgehead atoms. The molecule has 0 radical (unpaired) electrons. The number of anilines is 3. The van der Waals surface area contributed by atoms with E-state index < -0.39 is 0 Å². The molecule has 0 aliphatic carbocycles. The topological polar surface area (TPSA) is 89.0 Å². The van der Waals surface area contributed by atoms with Crippen LogP contribution in [0, 0.1) is 6.92 Å². The van der Waals surface area contributed by atoms with Gasteiger partial charge in [-0.2, -0.15) is 0 Å². The van der Waals surface area contributed by atoms with Gasteiger partial charge in [-0.15, -0.1) is 11.3 Å². The Morgan fingerprint density at radius 1 is 1.25 bits per heavy atom. The third-order valence-electron chi connectivity index (χ3n) is 3.01. The Kier molecular flexibility index (Phi) is 4.72. The zero-order valence-corrected chi connectivity index (χ0v) is 14.9. The summed E-state index contributed by atoms with van der Waals surface area (Å²) >= 11 is 2.90. The maximum Gasteiger partial charge on any atom is 0.223 e. The molecule has 3 heterocycles. The van der Waals surface area contributed by atoms with Crippen molar-refractivity contribution in [3.8, 4) is 16.5 Å². The van der Waals surface area contributed by atoms with E-state index in [4.69, 9.17) is 4.74 Å². The Hall–Kier alpha value is -2.52. The van der Waals surface area contributed by atoms with Gasteiger partial charge in [0, 0.05) is 18.4 Å². The Bertz CT molecular complexity index is 857. The summed E-state index contributed by atoms with van der Waals surface area (Å²) in [5.41, 5.74) is 2.50. The molecular weight excluding hydrogens is 346 g/mol. The van der Waals surface area contributed by atoms with Gasteiger partial charge in [-0.1, -0.05) is 11.3 Å². The van der Waals surface area contributed by atoms with Crippen LogP contribution in [0.25, 0.3) is 10.6 Å². The van der Waals surface area contributed by atoms with Gasteiger partial charge >= 0.3 is 0 Å². The first kappa shape index (κ1) is 16.3. The molecule has 3 rings (SSSR count). The lowest BCUT2D eigenvalue weighted by atomic mass is 10.3. The van der Waals surface area contributed by atoms with E-state index in [1.807, 2.05) is 18.4 Å². The molecule has 3 aromatic rings. The third kappa shape index (κ3) is 3.69. The number of aryl methyl sites for hydroxylation is 1. The lowest BCUT2D eigenvalue weighted by molar-refractivity contribution is -0.114. The molecule has 0 saturated heterocycles. The number of rotatable bonds is 5. The summed E-state index contributed by atoms with van der Waals surface area (Å²) in [4.78, 5) is 25.2. The minimum atomic E-state index is -0.136. The number of thiazole rings is 2. The van der Waals surface area contributed by atoms with Crippen LogP contribution in [0.4, 0.5) is 16.0 Å². The van der Waals surface area contributed by atoms with Crippen LogP contribution in [0.1, 0.15) is 12.6 Å². The van der Waals surface area contributed by atoms with Gasteiger partial charge in [0.05, 0.1) is 35.3 Å². The predicted molar refractivity (Wildman–Crippen MR) is 96.3 cm³/mol. The molecule has 0 spiro atoms. The Labute approximate surface area is 146 Å². The van der Waals surface area contributed by atoms with Gasteiger partial charge in [0.25, 0.3) is 0 Å². The van der Waals surface area contributed by atoms with Crippen molar-refractivity contribution in [2.45, 2.75) is 13.8 Å². The van der Waals surface area contributed by atoms with Gasteiger partial charge in [0.2, 0.25) is 11.8 Å². The van der Waals surface area contributed by atoms with Gasteiger partial charge in [0.1, 0.15) is 0 Å². The lowest BCUT2D eigenvalue weighted by Gasteiger charge is -2.02. The highest BCUT2D eigenvalue weighted by Crippen LogP contribution is 2.35. The number of carbonyl (C=O) groups excluding carboxylic acids is 1. The molecule has 9 heteroatoms. The second kappa shape index (κ2) is 6.93. The monoisotopic (exact) mass is 361 g/mol. The first-order chi connectivity index (χ1) is 11.5. The second-order valence-corrected chi connectivity index (χ2v) is 6.72. The van der Waals surface area contributed by atoms with E-state index in [9.17, 15) is 4.79 Å². The lowest BCUT2D eigenvalue weighted by Crippen LogP contribution is -2.04. The molecule has 1 amide bonds. The quantitative estimate of drug-likeness (QED) is 0.720. The first-order valence-corrected chi connectivity index (χ1v) is 8.72. The summed E-state index contributed by atoms with van der Waals surface area (Å²) < 4.78 is 5.04. The van der Waals surface area contributed by atoms with Crippen LogP contribution in [-0.4, -0.2) is 28.0 Å². The molecule has 0 saturated carbocycles. The number of pyridine rings is 1. The number of amides is 1. The van der Waals surface area contributed by atoms with Crippen LogP contribution in [0.5, 0.6) is 5.88 Å². The molecule has 0 aliphatic rings. The molecule has 2 N–H and O–H groups in total. The van der Waals surface area contributed by atoms with Crippen molar-refractivity contribution < 1.29 is 9.53 Å². The van der Waals surface area contributed by atoms with Crippen LogP contribution >= 0.6 is 22.7 Å². The van der Waals surface area contributed by atoms with Crippen molar-refractivity contribution in [3.05, 3.63) is 29.4 Å². The number of aromatic nitrogens is 3. The van der Waals surface area contributed by atoms with Crippen molar-refractivity contribution in [1.82, 2.24) is 15.0 Å². The van der Waals surface area contributed by atoms with E-state index in [2.05, 4.69) is 25.6 Å². The minimum absolute atomic E-state index is 0.136. The van der Waals surface area contributed by atoms with Gasteiger partial charge < -0.3 is 15.4 Å². The molecule has 0 unspecified atom stereocenters. The summed E-state index contributed by atoms with van der Waals surface area (Å²) in [5, 5.41) is 9.20. The zero-order chi connectivity index (χ0) is 17.1. The normalized spacial score (nSPS) is 10.5. The predicted octanol–water partition coefficient (Wildman–Crippen LogP) is 3.68. The molecule has 24 heavy (non-hydrogen) atoms. The molecule has 124 valence electrons. The summed E-state index contributed by atoms with van der Waals surface area (Å²) in [5.74, 6) is 0.425. The molecule has 0 atom stereocenters. The van der Waals surface area contributed by atoms with Gasteiger partial charge in [-0.05, 0) is 13.0 Å². The van der Waals surface area contributed by atoms with E-state index >= 15 is 0 Å². The Morgan fingerprint density at radius 2 is 2.08 bits per heavy atom. The van der Waals surface area contributed by atoms with Crippen LogP contribution < -0.4 is 15.4 Å². The zero-order valence-electron chi connectivity index (χ0n) is 13.3. The van der Waals surface area contributed by atoms with Gasteiger partial charge in [-0.25, -0.2) is 15.0 Å². The fourth-order valence-corrected chi connectivity index (χ4v) is 3.74. The third-order valence-corrected chi connectivity index (χ3v) is 4.87. The van der Waals surface area contributed by atoms with Crippen molar-refractivity contribution >= 4 is 44.5 Å². The number of methoxy groups -OCH3 is 1. The maximum atomic E-state index is 11.1. The van der Waals surface area contributed by atoms with E-state index in [0.29, 0.717) is 11.0 Å². The number of nitrogens with one attached hydrogen (secondary N) is 2. The largest absolute Gasteiger partial charge is 0.481 e. The fourth-order valence-electron chi connectivity index (χ4n) is 1.97. The van der Waals surface area contributed by atoms with Crippen molar-refractivity contribution in [2.24, 2.45) is 0 Å². The van der Waals surface area contributed by atoms with Crippen LogP contribution in [-0.2, 0) is 4.79 Å². The Morgan fingerprint density at radius 3 is 2.75 bits per heavy atom. The van der Waals surface area contributed by atoms with Gasteiger partial charge in [0.15, 0.2) is 10.3 Å². The molecule has 7 nitrogen and oxygen atoms in total. The van der Waals surface area contributed by atoms with E-state index in [0.717, 1.165) is 27.1 Å². The average molecular weight is 361 g/mol. The highest BCUT2D eigenvalue weighted by Gasteiger charge is 2.14. The summed E-state index contributed by atoms with van der Waals surface area (Å²) in [6.07, 6.45) is 1.69. The van der Waals surface area contributed by atoms with E-state index in [-0.39, 0.29) is 5.91 Å². The fraction of sp³-hybridized carbons (Fsp3) is 0.200. The number of nitrogens with zero attached hydrogens (tertiary/aromatic N) is 3. The summed E-state index contributed by atoms with van der Waals surface area (Å²) in [7, 11) is 1.58. The van der Waals surface area contributed by atoms with Crippen molar-refractivity contribution in [1.29, 1.82) is 0 Å². The highest BCUT2D eigenvalue weighted by atomic mass is 32.1. The second-order valence-electron chi connectivity index (χ2n) is 4.87. The number of hydrogen-bond donors (Lipinski definition) is 2. The molecule has 3 aromatic heterocycles. The molecule has 0 aliphatic heterocycles. The van der Waals surface area contributed by atoms with Crippen molar-refractivity contribution in [3.63, 3.8) is 0 Å². The van der Waals surface area contributed by atoms with Gasteiger partial charge in [-0.3, -0.25) is 4.79 Å². The smallest absolute Gasteiger partial charge is 0.223 e. The van der Waals surface area contributed by atoms with Crippen LogP contribution in [0.15, 0.2) is 23.7 Å². The number of carbonyl (C=O) groups is 1. The summed E-state index contributed by atoms with van der Waals surface area (Å²) in [6.45, 7) is 3.36. The number of hydrogen-bond acceptors (Lipinski definition) is 8. The van der Waals surface area contributed by atoms with Crippen LogP contribution in [0.2, 0.25) is 0 Å². The number of ether oxygens (including phenoxy) is 1. The Balaban J connectivity index is 1.77. The first-order valence-electron chi connectivity index (χ1n) is 7.03. The van der Waals surface area contributed by atoms with Crippen LogP contribution in [0.3, 0.4) is 0 Å². The minimum Gasteiger partial charge on any atom is -0.481 e. The molecule has 0 fully saturated rings. The molecule has 0 aromatic carbocycles. The standard InChI is InChI=1S/C15H15N5O2S2/c1-8-13(24-15(17-8)18-9(2)21)11-7-23-14(20-11)19-10-4-5-12(22-3)16-6-10/h4-7H,1-3H3,(H,19,20)(H,17,18,21). The average Bonchev–Trinajstić information content (AvgIpc) is 3.14. The van der Waals surface area contributed by atoms with Crippen molar-refractivity contribution in [2.75, 3.05) is 17.7 Å². The molecular formula is C15H15N5O2S2. The summed E-state index contributed by atoms with van der Waals surface area (Å²) in [6, 6.07) is 3.66. The maximum absolute atomic E-state index is 11.1. The van der Waals surface area contributed by atoms with E-state index in [1.165, 1.54) is 29.6 Å².